The Morgan fingerprint density at radius 2 is 1.67 bits per heavy atom. The van der Waals surface area contributed by atoms with Gasteiger partial charge in [0.1, 0.15) is 0 Å². The van der Waals surface area contributed by atoms with E-state index in [1.54, 1.807) is 37.3 Å². The van der Waals surface area contributed by atoms with Gasteiger partial charge in [-0.1, -0.05) is 38.1 Å². The fourth-order valence-corrected chi connectivity index (χ4v) is 2.46. The number of carbonyl (C=O) groups is 3. The number of rotatable bonds is 7. The maximum absolute atomic E-state index is 12.5. The molecule has 0 aliphatic carbocycles. The Kier molecular flexibility index (Phi) is 7.11. The van der Waals surface area contributed by atoms with Gasteiger partial charge in [-0.05, 0) is 43.2 Å². The van der Waals surface area contributed by atoms with Crippen molar-refractivity contribution >= 4 is 29.1 Å². The summed E-state index contributed by atoms with van der Waals surface area (Å²) >= 11 is 0. The molecular weight excluding hydrogens is 342 g/mol. The van der Waals surface area contributed by atoms with Gasteiger partial charge in [0.25, 0.3) is 5.91 Å². The highest BCUT2D eigenvalue weighted by Crippen LogP contribution is 2.20. The van der Waals surface area contributed by atoms with E-state index in [1.807, 2.05) is 32.0 Å². The van der Waals surface area contributed by atoms with Crippen LogP contribution in [0.3, 0.4) is 0 Å². The van der Waals surface area contributed by atoms with Gasteiger partial charge in [-0.3, -0.25) is 14.4 Å². The smallest absolute Gasteiger partial charge is 0.256 e. The quantitative estimate of drug-likeness (QED) is 0.701. The molecule has 2 aromatic carbocycles. The number of carbonyl (C=O) groups excluding carboxylic acids is 3. The lowest BCUT2D eigenvalue weighted by Gasteiger charge is -2.14. The summed E-state index contributed by atoms with van der Waals surface area (Å²) in [6.07, 6.45) is 0.713. The first-order chi connectivity index (χ1) is 12.9. The van der Waals surface area contributed by atoms with Gasteiger partial charge in [0.15, 0.2) is 0 Å². The van der Waals surface area contributed by atoms with E-state index in [1.165, 1.54) is 0 Å². The monoisotopic (exact) mass is 367 g/mol. The molecule has 2 aromatic rings. The molecule has 0 aliphatic rings. The SMILES string of the molecule is CCC(C)C(=O)NCC(=O)Nc1cccc(C(=O)Nc2ccccc2)c1C. The molecule has 0 radical (unpaired) electrons. The third-order valence-corrected chi connectivity index (χ3v) is 4.37. The van der Waals surface area contributed by atoms with Gasteiger partial charge in [-0.25, -0.2) is 0 Å². The molecule has 1 unspecified atom stereocenters. The number of benzene rings is 2. The minimum atomic E-state index is -0.338. The molecule has 0 bridgehead atoms. The molecule has 1 atom stereocenters. The predicted molar refractivity (Wildman–Crippen MR) is 107 cm³/mol. The molecule has 0 aromatic heterocycles. The summed E-state index contributed by atoms with van der Waals surface area (Å²) in [6.45, 7) is 5.39. The first kappa shape index (κ1) is 20.2. The minimum absolute atomic E-state index is 0.108. The zero-order valence-electron chi connectivity index (χ0n) is 15.8. The highest BCUT2D eigenvalue weighted by Gasteiger charge is 2.15. The van der Waals surface area contributed by atoms with E-state index >= 15 is 0 Å². The largest absolute Gasteiger partial charge is 0.347 e. The summed E-state index contributed by atoms with van der Waals surface area (Å²) in [5.41, 5.74) is 2.37. The van der Waals surface area contributed by atoms with Crippen molar-refractivity contribution in [1.29, 1.82) is 0 Å². The number of hydrogen-bond acceptors (Lipinski definition) is 3. The Labute approximate surface area is 159 Å². The van der Waals surface area contributed by atoms with E-state index in [4.69, 9.17) is 0 Å². The fourth-order valence-electron chi connectivity index (χ4n) is 2.46. The van der Waals surface area contributed by atoms with Crippen LogP contribution in [0.1, 0.15) is 36.2 Å². The highest BCUT2D eigenvalue weighted by molar-refractivity contribution is 6.07. The van der Waals surface area contributed by atoms with Crippen molar-refractivity contribution in [2.45, 2.75) is 27.2 Å². The van der Waals surface area contributed by atoms with Crippen molar-refractivity contribution in [1.82, 2.24) is 5.32 Å². The zero-order valence-corrected chi connectivity index (χ0v) is 15.8. The molecule has 142 valence electrons. The van der Waals surface area contributed by atoms with Gasteiger partial charge < -0.3 is 16.0 Å². The second-order valence-corrected chi connectivity index (χ2v) is 6.37. The Hall–Kier alpha value is -3.15. The van der Waals surface area contributed by atoms with E-state index in [2.05, 4.69) is 16.0 Å². The van der Waals surface area contributed by atoms with Gasteiger partial charge in [0.2, 0.25) is 11.8 Å². The average molecular weight is 367 g/mol. The molecule has 3 N–H and O–H groups in total. The van der Waals surface area contributed by atoms with Crippen LogP contribution in [0.15, 0.2) is 48.5 Å². The number of amides is 3. The van der Waals surface area contributed by atoms with Crippen LogP contribution in [0.4, 0.5) is 11.4 Å². The molecule has 0 aliphatic heterocycles. The average Bonchev–Trinajstić information content (AvgIpc) is 2.67. The Morgan fingerprint density at radius 1 is 0.963 bits per heavy atom. The minimum Gasteiger partial charge on any atom is -0.347 e. The summed E-state index contributed by atoms with van der Waals surface area (Å²) in [6, 6.07) is 14.3. The second-order valence-electron chi connectivity index (χ2n) is 6.37. The van der Waals surface area contributed by atoms with Crippen LogP contribution in [0, 0.1) is 12.8 Å². The zero-order chi connectivity index (χ0) is 19.8. The third kappa shape index (κ3) is 5.67. The van der Waals surface area contributed by atoms with Gasteiger partial charge in [0, 0.05) is 22.9 Å². The van der Waals surface area contributed by atoms with Crippen molar-refractivity contribution in [2.24, 2.45) is 5.92 Å². The third-order valence-electron chi connectivity index (χ3n) is 4.37. The summed E-state index contributed by atoms with van der Waals surface area (Å²) in [7, 11) is 0. The number of nitrogens with one attached hydrogen (secondary N) is 3. The number of hydrogen-bond donors (Lipinski definition) is 3. The lowest BCUT2D eigenvalue weighted by molar-refractivity contribution is -0.126. The fraction of sp³-hybridized carbons (Fsp3) is 0.286. The van der Waals surface area contributed by atoms with Gasteiger partial charge in [-0.15, -0.1) is 0 Å². The van der Waals surface area contributed by atoms with E-state index in [0.29, 0.717) is 28.9 Å². The summed E-state index contributed by atoms with van der Waals surface area (Å²) < 4.78 is 0. The Bertz CT molecular complexity index is 819. The van der Waals surface area contributed by atoms with Crippen molar-refractivity contribution < 1.29 is 14.4 Å². The van der Waals surface area contributed by atoms with Crippen LogP contribution in [-0.2, 0) is 9.59 Å². The van der Waals surface area contributed by atoms with Crippen LogP contribution >= 0.6 is 0 Å². The van der Waals surface area contributed by atoms with Crippen LogP contribution in [0.2, 0.25) is 0 Å². The molecule has 0 spiro atoms. The molecule has 6 nitrogen and oxygen atoms in total. The second kappa shape index (κ2) is 9.52. The molecule has 0 heterocycles. The van der Waals surface area contributed by atoms with Crippen molar-refractivity contribution in [3.63, 3.8) is 0 Å². The standard InChI is InChI=1S/C21H25N3O3/c1-4-14(2)20(26)22-13-19(25)24-18-12-8-11-17(15(18)3)21(27)23-16-9-6-5-7-10-16/h5-12,14H,4,13H2,1-3H3,(H,22,26)(H,23,27)(H,24,25). The number of para-hydroxylation sites is 1. The van der Waals surface area contributed by atoms with Crippen molar-refractivity contribution in [2.75, 3.05) is 17.2 Å². The van der Waals surface area contributed by atoms with Gasteiger partial charge in [-0.2, -0.15) is 0 Å². The molecule has 0 saturated carbocycles. The number of anilines is 2. The van der Waals surface area contributed by atoms with Gasteiger partial charge >= 0.3 is 0 Å². The lowest BCUT2D eigenvalue weighted by atomic mass is 10.1. The summed E-state index contributed by atoms with van der Waals surface area (Å²) in [4.78, 5) is 36.4. The van der Waals surface area contributed by atoms with Crippen LogP contribution < -0.4 is 16.0 Å². The van der Waals surface area contributed by atoms with E-state index in [9.17, 15) is 14.4 Å². The topological polar surface area (TPSA) is 87.3 Å². The van der Waals surface area contributed by atoms with E-state index in [-0.39, 0.29) is 30.2 Å². The molecule has 6 heteroatoms. The Balaban J connectivity index is 2.02. The van der Waals surface area contributed by atoms with Crippen LogP contribution in [0.25, 0.3) is 0 Å². The summed E-state index contributed by atoms with van der Waals surface area (Å²) in [5.74, 6) is -0.875. The molecule has 27 heavy (non-hydrogen) atoms. The highest BCUT2D eigenvalue weighted by atomic mass is 16.2. The predicted octanol–water partition coefficient (Wildman–Crippen LogP) is 3.35. The van der Waals surface area contributed by atoms with Gasteiger partial charge in [0.05, 0.1) is 6.54 Å². The van der Waals surface area contributed by atoms with Crippen LogP contribution in [-0.4, -0.2) is 24.3 Å². The lowest BCUT2D eigenvalue weighted by Crippen LogP contribution is -2.36. The molecule has 0 saturated heterocycles. The van der Waals surface area contributed by atoms with E-state index in [0.717, 1.165) is 0 Å². The van der Waals surface area contributed by atoms with Crippen molar-refractivity contribution in [3.8, 4) is 0 Å². The summed E-state index contributed by atoms with van der Waals surface area (Å²) in [5, 5.41) is 8.19. The first-order valence-corrected chi connectivity index (χ1v) is 8.96. The van der Waals surface area contributed by atoms with Crippen LogP contribution in [0.5, 0.6) is 0 Å². The molecule has 0 fully saturated rings. The first-order valence-electron chi connectivity index (χ1n) is 8.96. The molecule has 2 rings (SSSR count). The molecule has 3 amide bonds. The molecular formula is C21H25N3O3. The normalized spacial score (nSPS) is 11.4. The maximum Gasteiger partial charge on any atom is 0.256 e. The maximum atomic E-state index is 12.5. The Morgan fingerprint density at radius 3 is 2.33 bits per heavy atom. The van der Waals surface area contributed by atoms with Crippen molar-refractivity contribution in [3.05, 3.63) is 59.7 Å². The van der Waals surface area contributed by atoms with E-state index < -0.39 is 0 Å².